The summed E-state index contributed by atoms with van der Waals surface area (Å²) in [6, 6.07) is 0. The smallest absolute Gasteiger partial charge is 0.123 e. The van der Waals surface area contributed by atoms with Crippen LogP contribution in [0.15, 0.2) is 0 Å². The molecule has 0 aliphatic rings. The van der Waals surface area contributed by atoms with E-state index in [9.17, 15) is 4.79 Å². The second kappa shape index (κ2) is 28.0. The molecule has 1 nitrogen and oxygen atoms in total. The van der Waals surface area contributed by atoms with Gasteiger partial charge in [0, 0.05) is 11.8 Å². The first-order valence-electron chi connectivity index (χ1n) is 14.4. The Morgan fingerprint density at radius 2 is 0.774 bits per heavy atom. The van der Waals surface area contributed by atoms with Crippen molar-refractivity contribution in [3.63, 3.8) is 0 Å². The van der Waals surface area contributed by atoms with Gasteiger partial charge in [0.2, 0.25) is 0 Å². The summed E-state index contributed by atoms with van der Waals surface area (Å²) < 4.78 is 0. The quantitative estimate of drug-likeness (QED) is 0.0681. The molecule has 0 spiro atoms. The summed E-state index contributed by atoms with van der Waals surface area (Å²) in [7, 11) is 0. The fourth-order valence-electron chi connectivity index (χ4n) is 4.62. The zero-order valence-electron chi connectivity index (χ0n) is 21.3. The fourth-order valence-corrected chi connectivity index (χ4v) is 4.81. The monoisotopic (exact) mass is 456 g/mol. The Labute approximate surface area is 201 Å². The number of hydrogen-bond acceptors (Lipinski definition) is 1. The van der Waals surface area contributed by atoms with Crippen molar-refractivity contribution < 1.29 is 4.79 Å². The minimum Gasteiger partial charge on any atom is -0.303 e. The van der Waals surface area contributed by atoms with Gasteiger partial charge >= 0.3 is 0 Å². The number of rotatable bonds is 27. The number of halogens is 1. The van der Waals surface area contributed by atoms with Crippen LogP contribution >= 0.6 is 11.6 Å². The zero-order chi connectivity index (χ0) is 22.7. The van der Waals surface area contributed by atoms with Crippen LogP contribution in [0.1, 0.15) is 167 Å². The molecule has 0 aliphatic heterocycles. The molecular formula is C29H57ClO. The molecule has 0 aromatic heterocycles. The van der Waals surface area contributed by atoms with E-state index in [0.717, 1.165) is 25.1 Å². The Balaban J connectivity index is 3.18. The number of alkyl halides is 1. The van der Waals surface area contributed by atoms with Gasteiger partial charge in [-0.25, -0.2) is 0 Å². The summed E-state index contributed by atoms with van der Waals surface area (Å²) in [5.74, 6) is 1.08. The largest absolute Gasteiger partial charge is 0.303 e. The van der Waals surface area contributed by atoms with E-state index in [1.54, 1.807) is 0 Å². The Bertz CT molecular complexity index is 331. The third kappa shape index (κ3) is 26.1. The molecule has 0 aromatic carbocycles. The summed E-state index contributed by atoms with van der Waals surface area (Å²) in [4.78, 5) is 11.2. The Kier molecular flexibility index (Phi) is 28.0. The summed E-state index contributed by atoms with van der Waals surface area (Å²) >= 11 is 5.71. The standard InChI is InChI=1S/C29H57ClO/c1-2-3-4-5-6-7-8-9-10-11-12-13-14-15-16-17-18-19-22-25-29(28-31)26-23-20-21-24-27-30/h28-29H,2-27H2,1H3. The number of carbonyl (C=O) groups excluding carboxylic acids is 1. The average Bonchev–Trinajstić information content (AvgIpc) is 2.79. The highest BCUT2D eigenvalue weighted by molar-refractivity contribution is 6.17. The van der Waals surface area contributed by atoms with Crippen molar-refractivity contribution in [3.05, 3.63) is 0 Å². The molecule has 2 heteroatoms. The average molecular weight is 457 g/mol. The van der Waals surface area contributed by atoms with Crippen molar-refractivity contribution in [2.45, 2.75) is 167 Å². The normalized spacial score (nSPS) is 12.3. The lowest BCUT2D eigenvalue weighted by Crippen LogP contribution is -2.02. The third-order valence-electron chi connectivity index (χ3n) is 6.83. The molecule has 0 fully saturated rings. The van der Waals surface area contributed by atoms with Crippen molar-refractivity contribution in [2.24, 2.45) is 5.92 Å². The molecule has 1 unspecified atom stereocenters. The van der Waals surface area contributed by atoms with E-state index in [0.29, 0.717) is 5.92 Å². The van der Waals surface area contributed by atoms with Gasteiger partial charge in [-0.3, -0.25) is 0 Å². The highest BCUT2D eigenvalue weighted by Crippen LogP contribution is 2.18. The molecular weight excluding hydrogens is 400 g/mol. The molecule has 31 heavy (non-hydrogen) atoms. The molecule has 0 amide bonds. The highest BCUT2D eigenvalue weighted by atomic mass is 35.5. The SMILES string of the molecule is CCCCCCCCCCCCCCCCCCCCCC(C=O)CCCCCCCl. The van der Waals surface area contributed by atoms with Gasteiger partial charge in [0.05, 0.1) is 0 Å². The van der Waals surface area contributed by atoms with Crippen molar-refractivity contribution in [1.82, 2.24) is 0 Å². The van der Waals surface area contributed by atoms with Crippen LogP contribution in [0, 0.1) is 5.92 Å². The van der Waals surface area contributed by atoms with Crippen molar-refractivity contribution >= 4 is 17.9 Å². The van der Waals surface area contributed by atoms with Crippen LogP contribution in [0.25, 0.3) is 0 Å². The minimum absolute atomic E-state index is 0.307. The lowest BCUT2D eigenvalue weighted by atomic mass is 9.95. The predicted octanol–water partition coefficient (Wildman–Crippen LogP) is 10.8. The molecule has 0 radical (unpaired) electrons. The Morgan fingerprint density at radius 3 is 1.06 bits per heavy atom. The van der Waals surface area contributed by atoms with Crippen LogP contribution in [0.3, 0.4) is 0 Å². The fraction of sp³-hybridized carbons (Fsp3) is 0.966. The van der Waals surface area contributed by atoms with E-state index >= 15 is 0 Å². The first kappa shape index (κ1) is 31.0. The lowest BCUT2D eigenvalue weighted by Gasteiger charge is -2.10. The van der Waals surface area contributed by atoms with E-state index in [2.05, 4.69) is 6.92 Å². The van der Waals surface area contributed by atoms with Crippen molar-refractivity contribution in [1.29, 1.82) is 0 Å². The zero-order valence-corrected chi connectivity index (χ0v) is 22.1. The Morgan fingerprint density at radius 1 is 0.484 bits per heavy atom. The van der Waals surface area contributed by atoms with Gasteiger partial charge in [0.25, 0.3) is 0 Å². The van der Waals surface area contributed by atoms with Gasteiger partial charge in [-0.1, -0.05) is 148 Å². The maximum atomic E-state index is 11.2. The van der Waals surface area contributed by atoms with Crippen molar-refractivity contribution in [3.8, 4) is 0 Å². The van der Waals surface area contributed by atoms with Crippen LogP contribution in [-0.4, -0.2) is 12.2 Å². The van der Waals surface area contributed by atoms with E-state index in [-0.39, 0.29) is 0 Å². The van der Waals surface area contributed by atoms with Gasteiger partial charge in [-0.2, -0.15) is 0 Å². The van der Waals surface area contributed by atoms with Crippen LogP contribution in [0.2, 0.25) is 0 Å². The highest BCUT2D eigenvalue weighted by Gasteiger charge is 2.06. The van der Waals surface area contributed by atoms with Gasteiger partial charge in [0.15, 0.2) is 0 Å². The van der Waals surface area contributed by atoms with Gasteiger partial charge in [-0.05, 0) is 19.3 Å². The molecule has 0 rings (SSSR count). The summed E-state index contributed by atoms with van der Waals surface area (Å²) in [5.41, 5.74) is 0. The summed E-state index contributed by atoms with van der Waals surface area (Å²) in [5, 5.41) is 0. The molecule has 0 aromatic rings. The molecule has 0 aliphatic carbocycles. The predicted molar refractivity (Wildman–Crippen MR) is 141 cm³/mol. The summed E-state index contributed by atoms with van der Waals surface area (Å²) in [6.45, 7) is 2.29. The molecule has 0 bridgehead atoms. The van der Waals surface area contributed by atoms with E-state index < -0.39 is 0 Å². The first-order chi connectivity index (χ1) is 15.3. The second-order valence-corrected chi connectivity index (χ2v) is 10.3. The summed E-state index contributed by atoms with van der Waals surface area (Å²) in [6.07, 6.45) is 35.1. The maximum Gasteiger partial charge on any atom is 0.123 e. The molecule has 0 saturated carbocycles. The van der Waals surface area contributed by atoms with E-state index in [1.807, 2.05) is 0 Å². The molecule has 0 heterocycles. The lowest BCUT2D eigenvalue weighted by molar-refractivity contribution is -0.111. The Hall–Kier alpha value is -0.0400. The third-order valence-corrected chi connectivity index (χ3v) is 7.10. The van der Waals surface area contributed by atoms with Gasteiger partial charge in [-0.15, -0.1) is 11.6 Å². The molecule has 0 N–H and O–H groups in total. The number of unbranched alkanes of at least 4 members (excludes halogenated alkanes) is 21. The van der Waals surface area contributed by atoms with E-state index in [1.165, 1.54) is 148 Å². The molecule has 186 valence electrons. The van der Waals surface area contributed by atoms with Crippen LogP contribution in [0.5, 0.6) is 0 Å². The second-order valence-electron chi connectivity index (χ2n) is 9.94. The number of carbonyl (C=O) groups is 1. The number of aldehydes is 1. The number of hydrogen-bond donors (Lipinski definition) is 0. The van der Waals surface area contributed by atoms with E-state index in [4.69, 9.17) is 11.6 Å². The molecule has 1 atom stereocenters. The molecule has 0 saturated heterocycles. The van der Waals surface area contributed by atoms with Crippen LogP contribution in [-0.2, 0) is 4.79 Å². The van der Waals surface area contributed by atoms with Gasteiger partial charge < -0.3 is 4.79 Å². The van der Waals surface area contributed by atoms with Crippen molar-refractivity contribution in [2.75, 3.05) is 5.88 Å². The topological polar surface area (TPSA) is 17.1 Å². The van der Waals surface area contributed by atoms with Gasteiger partial charge in [0.1, 0.15) is 6.29 Å². The van der Waals surface area contributed by atoms with Crippen LogP contribution < -0.4 is 0 Å². The maximum absolute atomic E-state index is 11.2. The van der Waals surface area contributed by atoms with Crippen LogP contribution in [0.4, 0.5) is 0 Å². The first-order valence-corrected chi connectivity index (χ1v) is 14.9. The minimum atomic E-state index is 0.307.